The fraction of sp³-hybridized carbons (Fsp3) is 0.150. The molecule has 0 aliphatic heterocycles. The molecule has 0 unspecified atom stereocenters. The van der Waals surface area contributed by atoms with Crippen molar-refractivity contribution in [3.63, 3.8) is 0 Å². The first kappa shape index (κ1) is 21.1. The average Bonchev–Trinajstić information content (AvgIpc) is 2.76. The Bertz CT molecular complexity index is 1020. The first-order valence-electron chi connectivity index (χ1n) is 8.75. The summed E-state index contributed by atoms with van der Waals surface area (Å²) in [7, 11) is 1.58. The Morgan fingerprint density at radius 3 is 2.50 bits per heavy atom. The number of nitrogens with one attached hydrogen (secondary N) is 2. The van der Waals surface area contributed by atoms with Crippen molar-refractivity contribution in [2.75, 3.05) is 12.4 Å². The summed E-state index contributed by atoms with van der Waals surface area (Å²) >= 11 is 0. The molecule has 1 heterocycles. The van der Waals surface area contributed by atoms with Gasteiger partial charge in [-0.05, 0) is 35.9 Å². The summed E-state index contributed by atoms with van der Waals surface area (Å²) in [6.07, 6.45) is -1.68. The van der Waals surface area contributed by atoms with E-state index < -0.39 is 11.7 Å². The summed E-state index contributed by atoms with van der Waals surface area (Å²) in [5.74, 6) is 0.860. The molecule has 0 saturated heterocycles. The highest BCUT2D eigenvalue weighted by molar-refractivity contribution is 6.01. The molecule has 3 N–H and O–H groups in total. The zero-order valence-corrected chi connectivity index (χ0v) is 15.8. The standard InChI is InChI=1S/C20H18F3N5O2/c1-30-16-7-5-13(6-8-16)12-26-18-17(24-9-10-25-18)19(28-29)27-15-4-2-3-14(11-15)20(21,22)23/h2-11,29H,12H2,1H3,(H,25,26)(H,27,28). The van der Waals surface area contributed by atoms with Crippen molar-refractivity contribution in [3.05, 3.63) is 77.7 Å². The quantitative estimate of drug-likeness (QED) is 0.317. The molecule has 0 atom stereocenters. The Morgan fingerprint density at radius 2 is 1.83 bits per heavy atom. The number of anilines is 1. The Labute approximate surface area is 170 Å². The van der Waals surface area contributed by atoms with E-state index in [0.717, 1.165) is 23.4 Å². The van der Waals surface area contributed by atoms with E-state index in [2.05, 4.69) is 20.3 Å². The van der Waals surface area contributed by atoms with Gasteiger partial charge in [0, 0.05) is 18.9 Å². The molecule has 0 aliphatic carbocycles. The summed E-state index contributed by atoms with van der Waals surface area (Å²) in [5, 5.41) is 12.6. The van der Waals surface area contributed by atoms with Crippen LogP contribution >= 0.6 is 0 Å². The third kappa shape index (κ3) is 5.23. The molecule has 156 valence electrons. The van der Waals surface area contributed by atoms with Crippen molar-refractivity contribution in [3.8, 4) is 5.75 Å². The van der Waals surface area contributed by atoms with Crippen LogP contribution in [0.3, 0.4) is 0 Å². The van der Waals surface area contributed by atoms with Gasteiger partial charge in [-0.25, -0.2) is 15.0 Å². The SMILES string of the molecule is COc1ccc(CNc2nccnc2C(=Nc2cccc(C(F)(F)F)c2)NO)cc1. The maximum absolute atomic E-state index is 12.9. The highest BCUT2D eigenvalue weighted by Crippen LogP contribution is 2.31. The molecule has 2 aromatic carbocycles. The van der Waals surface area contributed by atoms with E-state index in [0.29, 0.717) is 12.4 Å². The second-order valence-electron chi connectivity index (χ2n) is 6.08. The molecule has 3 aromatic rings. The first-order valence-corrected chi connectivity index (χ1v) is 8.75. The van der Waals surface area contributed by atoms with E-state index in [9.17, 15) is 18.4 Å². The molecule has 10 heteroatoms. The third-order valence-corrected chi connectivity index (χ3v) is 4.06. The number of nitrogens with zero attached hydrogens (tertiary/aromatic N) is 3. The monoisotopic (exact) mass is 417 g/mol. The Hall–Kier alpha value is -3.66. The second kappa shape index (κ2) is 9.23. The van der Waals surface area contributed by atoms with Crippen LogP contribution in [0.15, 0.2) is 65.9 Å². The van der Waals surface area contributed by atoms with Crippen LogP contribution in [-0.2, 0) is 12.7 Å². The van der Waals surface area contributed by atoms with Crippen LogP contribution in [0.4, 0.5) is 24.7 Å². The van der Waals surface area contributed by atoms with Crippen LogP contribution < -0.4 is 15.5 Å². The van der Waals surface area contributed by atoms with Crippen LogP contribution in [0.5, 0.6) is 5.75 Å². The van der Waals surface area contributed by atoms with Gasteiger partial charge in [0.2, 0.25) is 0 Å². The summed E-state index contributed by atoms with van der Waals surface area (Å²) < 4.78 is 43.9. The number of benzene rings is 2. The van der Waals surface area contributed by atoms with E-state index in [1.165, 1.54) is 24.5 Å². The molecule has 0 aliphatic rings. The molecule has 30 heavy (non-hydrogen) atoms. The predicted molar refractivity (Wildman–Crippen MR) is 105 cm³/mol. The van der Waals surface area contributed by atoms with E-state index in [1.807, 2.05) is 29.7 Å². The highest BCUT2D eigenvalue weighted by atomic mass is 19.4. The summed E-state index contributed by atoms with van der Waals surface area (Å²) in [4.78, 5) is 12.4. The summed E-state index contributed by atoms with van der Waals surface area (Å²) in [6, 6.07) is 11.8. The number of hydrogen-bond acceptors (Lipinski definition) is 6. The first-order chi connectivity index (χ1) is 14.4. The number of halogens is 3. The lowest BCUT2D eigenvalue weighted by Crippen LogP contribution is -2.23. The van der Waals surface area contributed by atoms with Crippen molar-refractivity contribution < 1.29 is 23.1 Å². The molecule has 7 nitrogen and oxygen atoms in total. The number of rotatable bonds is 6. The minimum absolute atomic E-state index is 0.00636. The second-order valence-corrected chi connectivity index (χ2v) is 6.08. The lowest BCUT2D eigenvalue weighted by Gasteiger charge is -2.12. The smallest absolute Gasteiger partial charge is 0.416 e. The molecular formula is C20H18F3N5O2. The Balaban J connectivity index is 1.86. The van der Waals surface area contributed by atoms with Crippen molar-refractivity contribution in [1.82, 2.24) is 15.4 Å². The van der Waals surface area contributed by atoms with Crippen LogP contribution in [0.1, 0.15) is 16.8 Å². The molecule has 3 rings (SSSR count). The minimum Gasteiger partial charge on any atom is -0.497 e. The van der Waals surface area contributed by atoms with Crippen molar-refractivity contribution in [1.29, 1.82) is 0 Å². The van der Waals surface area contributed by atoms with Crippen LogP contribution in [0.25, 0.3) is 0 Å². The summed E-state index contributed by atoms with van der Waals surface area (Å²) in [5.41, 5.74) is 2.11. The number of hydroxylamine groups is 1. The maximum atomic E-state index is 12.9. The zero-order chi connectivity index (χ0) is 21.6. The van der Waals surface area contributed by atoms with Crippen LogP contribution in [0.2, 0.25) is 0 Å². The lowest BCUT2D eigenvalue weighted by atomic mass is 10.2. The van der Waals surface area contributed by atoms with Gasteiger partial charge in [-0.2, -0.15) is 13.2 Å². The number of aromatic nitrogens is 2. The largest absolute Gasteiger partial charge is 0.497 e. The molecule has 0 radical (unpaired) electrons. The average molecular weight is 417 g/mol. The van der Waals surface area contributed by atoms with E-state index in [-0.39, 0.29) is 17.2 Å². The number of hydrogen-bond donors (Lipinski definition) is 3. The van der Waals surface area contributed by atoms with Gasteiger partial charge in [0.1, 0.15) is 11.4 Å². The van der Waals surface area contributed by atoms with Crippen LogP contribution in [-0.4, -0.2) is 28.1 Å². The van der Waals surface area contributed by atoms with Crippen molar-refractivity contribution in [2.24, 2.45) is 4.99 Å². The number of alkyl halides is 3. The molecule has 0 fully saturated rings. The van der Waals surface area contributed by atoms with Gasteiger partial charge in [-0.1, -0.05) is 18.2 Å². The number of ether oxygens (including phenoxy) is 1. The fourth-order valence-electron chi connectivity index (χ4n) is 2.58. The Kier molecular flexibility index (Phi) is 6.48. The zero-order valence-electron chi connectivity index (χ0n) is 15.8. The maximum Gasteiger partial charge on any atom is 0.416 e. The van der Waals surface area contributed by atoms with Gasteiger partial charge in [-0.3, -0.25) is 10.7 Å². The van der Waals surface area contributed by atoms with Crippen molar-refractivity contribution >= 4 is 17.3 Å². The van der Waals surface area contributed by atoms with E-state index in [1.54, 1.807) is 7.11 Å². The highest BCUT2D eigenvalue weighted by Gasteiger charge is 2.30. The number of aliphatic imine (C=N–C) groups is 1. The number of amidine groups is 1. The topological polar surface area (TPSA) is 91.7 Å². The molecule has 0 bridgehead atoms. The van der Waals surface area contributed by atoms with Gasteiger partial charge in [0.25, 0.3) is 0 Å². The van der Waals surface area contributed by atoms with Gasteiger partial charge in [-0.15, -0.1) is 0 Å². The van der Waals surface area contributed by atoms with Gasteiger partial charge >= 0.3 is 6.18 Å². The van der Waals surface area contributed by atoms with Gasteiger partial charge in [0.15, 0.2) is 11.7 Å². The predicted octanol–water partition coefficient (Wildman–Crippen LogP) is 4.17. The van der Waals surface area contributed by atoms with E-state index in [4.69, 9.17) is 4.74 Å². The molecule has 0 saturated carbocycles. The van der Waals surface area contributed by atoms with E-state index >= 15 is 0 Å². The van der Waals surface area contributed by atoms with Crippen LogP contribution in [0, 0.1) is 0 Å². The fourth-order valence-corrected chi connectivity index (χ4v) is 2.58. The Morgan fingerprint density at radius 1 is 1.10 bits per heavy atom. The van der Waals surface area contributed by atoms with Gasteiger partial charge < -0.3 is 10.1 Å². The molecular weight excluding hydrogens is 399 g/mol. The lowest BCUT2D eigenvalue weighted by molar-refractivity contribution is -0.137. The normalized spacial score (nSPS) is 11.8. The molecule has 1 aromatic heterocycles. The number of methoxy groups -OCH3 is 1. The molecule has 0 spiro atoms. The summed E-state index contributed by atoms with van der Waals surface area (Å²) in [6.45, 7) is 0.387. The van der Waals surface area contributed by atoms with Gasteiger partial charge in [0.05, 0.1) is 18.4 Å². The van der Waals surface area contributed by atoms with Crippen molar-refractivity contribution in [2.45, 2.75) is 12.7 Å². The minimum atomic E-state index is -4.50. The third-order valence-electron chi connectivity index (χ3n) is 4.06. The molecule has 0 amide bonds.